The van der Waals surface area contributed by atoms with Gasteiger partial charge in [0.25, 0.3) is 0 Å². The van der Waals surface area contributed by atoms with Crippen LogP contribution in [0.3, 0.4) is 0 Å². The lowest BCUT2D eigenvalue weighted by Crippen LogP contribution is -1.99. The molecule has 1 heterocycles. The fourth-order valence-electron chi connectivity index (χ4n) is 1.58. The molecule has 0 aliphatic heterocycles. The SMILES string of the molecule is COc1cc(-c2cc(C(=O)O)no2)cc(C(=O)O)c1O. The zero-order valence-electron chi connectivity index (χ0n) is 10.2. The molecule has 2 aromatic rings. The summed E-state index contributed by atoms with van der Waals surface area (Å²) in [6.07, 6.45) is 0. The first-order valence-electron chi connectivity index (χ1n) is 5.28. The molecular weight excluding hydrogens is 270 g/mol. The minimum absolute atomic E-state index is 0.0446. The number of hydrogen-bond donors (Lipinski definition) is 3. The van der Waals surface area contributed by atoms with Gasteiger partial charge in [-0.1, -0.05) is 5.16 Å². The number of methoxy groups -OCH3 is 1. The first-order valence-corrected chi connectivity index (χ1v) is 5.28. The van der Waals surface area contributed by atoms with Gasteiger partial charge in [0.05, 0.1) is 7.11 Å². The van der Waals surface area contributed by atoms with Gasteiger partial charge in [0.15, 0.2) is 23.0 Å². The van der Waals surface area contributed by atoms with Crippen LogP contribution in [0.2, 0.25) is 0 Å². The van der Waals surface area contributed by atoms with E-state index in [0.29, 0.717) is 0 Å². The third-order valence-electron chi connectivity index (χ3n) is 2.54. The maximum absolute atomic E-state index is 11.0. The molecule has 20 heavy (non-hydrogen) atoms. The summed E-state index contributed by atoms with van der Waals surface area (Å²) in [5.74, 6) is -3.19. The van der Waals surface area contributed by atoms with E-state index in [0.717, 1.165) is 12.1 Å². The molecule has 1 aromatic carbocycles. The molecule has 8 heteroatoms. The molecule has 0 fully saturated rings. The number of phenols is 1. The molecule has 0 saturated carbocycles. The van der Waals surface area contributed by atoms with Gasteiger partial charge >= 0.3 is 11.9 Å². The molecular formula is C12H9NO7. The van der Waals surface area contributed by atoms with Gasteiger partial charge in [0.1, 0.15) is 5.56 Å². The van der Waals surface area contributed by atoms with Crippen LogP contribution in [0.4, 0.5) is 0 Å². The second-order valence-electron chi connectivity index (χ2n) is 3.76. The number of carboxylic acids is 2. The number of benzene rings is 1. The highest BCUT2D eigenvalue weighted by atomic mass is 16.5. The van der Waals surface area contributed by atoms with Crippen molar-refractivity contribution in [3.63, 3.8) is 0 Å². The third kappa shape index (κ3) is 2.26. The topological polar surface area (TPSA) is 130 Å². The minimum atomic E-state index is -1.36. The molecule has 0 unspecified atom stereocenters. The summed E-state index contributed by atoms with van der Waals surface area (Å²) >= 11 is 0. The Hall–Kier alpha value is -3.03. The molecule has 0 amide bonds. The van der Waals surface area contributed by atoms with E-state index in [1.54, 1.807) is 0 Å². The van der Waals surface area contributed by atoms with Crippen molar-refractivity contribution in [3.05, 3.63) is 29.5 Å². The van der Waals surface area contributed by atoms with Crippen LogP contribution in [0.25, 0.3) is 11.3 Å². The van der Waals surface area contributed by atoms with E-state index in [1.165, 1.54) is 13.2 Å². The average molecular weight is 279 g/mol. The van der Waals surface area contributed by atoms with Gasteiger partial charge < -0.3 is 24.6 Å². The van der Waals surface area contributed by atoms with E-state index in [-0.39, 0.29) is 22.8 Å². The zero-order valence-corrected chi connectivity index (χ0v) is 10.2. The Morgan fingerprint density at radius 2 is 1.90 bits per heavy atom. The Morgan fingerprint density at radius 1 is 1.20 bits per heavy atom. The Balaban J connectivity index is 2.58. The lowest BCUT2D eigenvalue weighted by atomic mass is 10.1. The molecule has 0 saturated heterocycles. The van der Waals surface area contributed by atoms with Crippen LogP contribution in [0.1, 0.15) is 20.8 Å². The fraction of sp³-hybridized carbons (Fsp3) is 0.0833. The van der Waals surface area contributed by atoms with E-state index >= 15 is 0 Å². The summed E-state index contributed by atoms with van der Waals surface area (Å²) < 4.78 is 9.69. The monoisotopic (exact) mass is 279 g/mol. The molecule has 0 aliphatic carbocycles. The third-order valence-corrected chi connectivity index (χ3v) is 2.54. The molecule has 0 radical (unpaired) electrons. The molecule has 1 aromatic heterocycles. The van der Waals surface area contributed by atoms with Crippen LogP contribution in [-0.2, 0) is 0 Å². The Labute approximate surface area is 111 Å². The highest BCUT2D eigenvalue weighted by molar-refractivity contribution is 5.94. The van der Waals surface area contributed by atoms with Crippen LogP contribution in [0.15, 0.2) is 22.7 Å². The minimum Gasteiger partial charge on any atom is -0.504 e. The van der Waals surface area contributed by atoms with E-state index < -0.39 is 23.3 Å². The number of hydrogen-bond acceptors (Lipinski definition) is 6. The van der Waals surface area contributed by atoms with Gasteiger partial charge in [-0.2, -0.15) is 0 Å². The number of aromatic hydroxyl groups is 1. The number of aromatic nitrogens is 1. The standard InChI is InChI=1S/C12H9NO7/c1-19-9-3-5(2-6(10(9)14)11(15)16)8-4-7(12(17)18)13-20-8/h2-4,14H,1H3,(H,15,16)(H,17,18). The Kier molecular flexibility index (Phi) is 3.30. The van der Waals surface area contributed by atoms with Crippen molar-refractivity contribution in [2.24, 2.45) is 0 Å². The number of aromatic carboxylic acids is 2. The summed E-state index contributed by atoms with van der Waals surface area (Å²) in [4.78, 5) is 21.7. The second kappa shape index (κ2) is 4.92. The molecule has 0 spiro atoms. The normalized spacial score (nSPS) is 10.2. The van der Waals surface area contributed by atoms with Crippen molar-refractivity contribution in [1.29, 1.82) is 0 Å². The molecule has 0 atom stereocenters. The number of nitrogens with zero attached hydrogens (tertiary/aromatic N) is 1. The van der Waals surface area contributed by atoms with E-state index in [4.69, 9.17) is 19.5 Å². The van der Waals surface area contributed by atoms with Gasteiger partial charge in [0, 0.05) is 11.6 Å². The van der Waals surface area contributed by atoms with Crippen LogP contribution in [-0.4, -0.2) is 39.5 Å². The van der Waals surface area contributed by atoms with Gasteiger partial charge in [-0.25, -0.2) is 9.59 Å². The average Bonchev–Trinajstić information content (AvgIpc) is 2.88. The molecule has 0 bridgehead atoms. The lowest BCUT2D eigenvalue weighted by molar-refractivity contribution is 0.0678. The maximum atomic E-state index is 11.0. The Morgan fingerprint density at radius 3 is 2.40 bits per heavy atom. The summed E-state index contributed by atoms with van der Waals surface area (Å²) in [5, 5.41) is 30.7. The summed E-state index contributed by atoms with van der Waals surface area (Å²) in [5.41, 5.74) is -0.492. The van der Waals surface area contributed by atoms with Crippen molar-refractivity contribution < 1.29 is 34.2 Å². The van der Waals surface area contributed by atoms with Crippen LogP contribution in [0.5, 0.6) is 11.5 Å². The van der Waals surface area contributed by atoms with Crippen molar-refractivity contribution in [2.75, 3.05) is 7.11 Å². The second-order valence-corrected chi connectivity index (χ2v) is 3.76. The van der Waals surface area contributed by atoms with Gasteiger partial charge in [-0.15, -0.1) is 0 Å². The molecule has 104 valence electrons. The van der Waals surface area contributed by atoms with E-state index in [9.17, 15) is 14.7 Å². The number of carbonyl (C=O) groups is 2. The number of carboxylic acid groups (broad SMARTS) is 2. The number of ether oxygens (including phenoxy) is 1. The quantitative estimate of drug-likeness (QED) is 0.766. The first-order chi connectivity index (χ1) is 9.43. The van der Waals surface area contributed by atoms with Crippen molar-refractivity contribution in [1.82, 2.24) is 5.16 Å². The molecule has 3 N–H and O–H groups in total. The number of rotatable bonds is 4. The first kappa shape index (κ1) is 13.4. The predicted octanol–water partition coefficient (Wildman–Crippen LogP) is 1.45. The van der Waals surface area contributed by atoms with Crippen LogP contribution < -0.4 is 4.74 Å². The van der Waals surface area contributed by atoms with E-state index in [1.807, 2.05) is 0 Å². The molecule has 0 aliphatic rings. The summed E-state index contributed by atoms with van der Waals surface area (Å²) in [7, 11) is 1.26. The van der Waals surface area contributed by atoms with Gasteiger partial charge in [0.2, 0.25) is 0 Å². The highest BCUT2D eigenvalue weighted by Crippen LogP contribution is 2.35. The van der Waals surface area contributed by atoms with Gasteiger partial charge in [-0.05, 0) is 12.1 Å². The van der Waals surface area contributed by atoms with Crippen molar-refractivity contribution >= 4 is 11.9 Å². The fourth-order valence-corrected chi connectivity index (χ4v) is 1.58. The van der Waals surface area contributed by atoms with Gasteiger partial charge in [-0.3, -0.25) is 0 Å². The van der Waals surface area contributed by atoms with E-state index in [2.05, 4.69) is 5.16 Å². The smallest absolute Gasteiger partial charge is 0.358 e. The zero-order chi connectivity index (χ0) is 14.9. The summed E-state index contributed by atoms with van der Waals surface area (Å²) in [6.45, 7) is 0. The van der Waals surface area contributed by atoms with Crippen molar-refractivity contribution in [2.45, 2.75) is 0 Å². The van der Waals surface area contributed by atoms with Crippen LogP contribution in [0, 0.1) is 0 Å². The highest BCUT2D eigenvalue weighted by Gasteiger charge is 2.19. The van der Waals surface area contributed by atoms with Crippen molar-refractivity contribution in [3.8, 4) is 22.8 Å². The lowest BCUT2D eigenvalue weighted by Gasteiger charge is -2.08. The predicted molar refractivity (Wildman–Crippen MR) is 64.1 cm³/mol. The van der Waals surface area contributed by atoms with Crippen LogP contribution >= 0.6 is 0 Å². The molecule has 2 rings (SSSR count). The Bertz CT molecular complexity index is 689. The largest absolute Gasteiger partial charge is 0.504 e. The summed E-state index contributed by atoms with van der Waals surface area (Å²) in [6, 6.07) is 3.58. The molecule has 8 nitrogen and oxygen atoms in total. The maximum Gasteiger partial charge on any atom is 0.358 e.